The van der Waals surface area contributed by atoms with E-state index in [9.17, 15) is 9.59 Å². The minimum atomic E-state index is -0.777. The molecule has 0 radical (unpaired) electrons. The minimum absolute atomic E-state index is 0.0492. The fourth-order valence-corrected chi connectivity index (χ4v) is 4.83. The maximum atomic E-state index is 13.5. The Kier molecular flexibility index (Phi) is 5.79. The number of benzene rings is 1. The van der Waals surface area contributed by atoms with Gasteiger partial charge in [0.25, 0.3) is 5.91 Å². The van der Waals surface area contributed by atoms with E-state index in [1.807, 2.05) is 43.6 Å². The van der Waals surface area contributed by atoms with Crippen LogP contribution >= 0.6 is 0 Å². The van der Waals surface area contributed by atoms with E-state index in [0.717, 1.165) is 34.1 Å². The van der Waals surface area contributed by atoms with E-state index in [4.69, 9.17) is 5.11 Å². The molecule has 0 spiro atoms. The first kappa shape index (κ1) is 20.4. The second-order valence-electron chi connectivity index (χ2n) is 8.27. The molecule has 1 aromatic carbocycles. The summed E-state index contributed by atoms with van der Waals surface area (Å²) < 4.78 is 2.02. The van der Waals surface area contributed by atoms with Crippen LogP contribution in [0.15, 0.2) is 18.2 Å². The topological polar surface area (TPSA) is 65.8 Å². The molecule has 0 bridgehead atoms. The van der Waals surface area contributed by atoms with E-state index in [2.05, 4.69) is 24.0 Å². The van der Waals surface area contributed by atoms with Crippen LogP contribution < -0.4 is 0 Å². The Balaban J connectivity index is 1.89. The van der Waals surface area contributed by atoms with Crippen molar-refractivity contribution in [3.05, 3.63) is 35.0 Å². The Hall–Kier alpha value is -2.34. The molecule has 1 aromatic heterocycles. The fourth-order valence-electron chi connectivity index (χ4n) is 4.83. The van der Waals surface area contributed by atoms with Crippen LogP contribution in [0.3, 0.4) is 0 Å². The number of amides is 1. The molecule has 1 aliphatic heterocycles. The van der Waals surface area contributed by atoms with E-state index in [0.29, 0.717) is 25.6 Å². The van der Waals surface area contributed by atoms with Gasteiger partial charge in [-0.05, 0) is 57.8 Å². The first-order valence-corrected chi connectivity index (χ1v) is 9.94. The summed E-state index contributed by atoms with van der Waals surface area (Å²) in [6.45, 7) is 5.39. The van der Waals surface area contributed by atoms with Gasteiger partial charge in [-0.1, -0.05) is 18.2 Å². The van der Waals surface area contributed by atoms with Crippen LogP contribution in [0, 0.1) is 19.8 Å². The molecule has 2 atom stereocenters. The second-order valence-corrected chi connectivity index (χ2v) is 8.27. The van der Waals surface area contributed by atoms with Crippen LogP contribution in [0.5, 0.6) is 0 Å². The lowest BCUT2D eigenvalue weighted by atomic mass is 9.87. The van der Waals surface area contributed by atoms with Crippen molar-refractivity contribution < 1.29 is 14.7 Å². The maximum Gasteiger partial charge on any atom is 0.303 e. The number of carbonyl (C=O) groups excluding carboxylic acids is 1. The molecule has 1 saturated heterocycles. The third-order valence-corrected chi connectivity index (χ3v) is 6.24. The molecule has 1 aliphatic rings. The molecule has 1 amide bonds. The number of carbonyl (C=O) groups is 2. The minimum Gasteiger partial charge on any atom is -0.481 e. The smallest absolute Gasteiger partial charge is 0.303 e. The monoisotopic (exact) mass is 385 g/mol. The standard InChI is InChI=1S/C22H31N3O3/c1-14-7-6-8-17-15(2)21(24(5)20(14)17)22(28)25-12-11-18(23(3)4)16(13-25)9-10-19(26)27/h6-8,16,18H,9-13H2,1-5H3,(H,26,27)/t16-,18+/m1/s1. The molecule has 0 aliphatic carbocycles. The molecule has 3 rings (SSSR count). The van der Waals surface area contributed by atoms with Gasteiger partial charge in [0.1, 0.15) is 5.69 Å². The van der Waals surface area contributed by atoms with Crippen molar-refractivity contribution in [2.75, 3.05) is 27.2 Å². The zero-order valence-corrected chi connectivity index (χ0v) is 17.5. The summed E-state index contributed by atoms with van der Waals surface area (Å²) in [6.07, 6.45) is 1.60. The molecule has 2 aromatic rings. The summed E-state index contributed by atoms with van der Waals surface area (Å²) >= 11 is 0. The number of piperidine rings is 1. The molecule has 2 heterocycles. The van der Waals surface area contributed by atoms with E-state index in [1.165, 1.54) is 0 Å². The lowest BCUT2D eigenvalue weighted by molar-refractivity contribution is -0.137. The van der Waals surface area contributed by atoms with Crippen molar-refractivity contribution in [1.82, 2.24) is 14.4 Å². The van der Waals surface area contributed by atoms with Crippen molar-refractivity contribution in [3.8, 4) is 0 Å². The summed E-state index contributed by atoms with van der Waals surface area (Å²) in [5, 5.41) is 10.2. The number of rotatable bonds is 5. The highest BCUT2D eigenvalue weighted by Crippen LogP contribution is 2.30. The fraction of sp³-hybridized carbons (Fsp3) is 0.545. The normalized spacial score (nSPS) is 20.1. The van der Waals surface area contributed by atoms with Gasteiger partial charge >= 0.3 is 5.97 Å². The highest BCUT2D eigenvalue weighted by atomic mass is 16.4. The number of hydrogen-bond acceptors (Lipinski definition) is 3. The largest absolute Gasteiger partial charge is 0.481 e. The number of carboxylic acid groups (broad SMARTS) is 1. The Morgan fingerprint density at radius 3 is 2.57 bits per heavy atom. The molecule has 1 N–H and O–H groups in total. The van der Waals surface area contributed by atoms with Crippen LogP contribution in [0.4, 0.5) is 0 Å². The molecule has 28 heavy (non-hydrogen) atoms. The number of aryl methyl sites for hydroxylation is 3. The van der Waals surface area contributed by atoms with Gasteiger partial charge in [0.15, 0.2) is 0 Å². The molecule has 0 unspecified atom stereocenters. The van der Waals surface area contributed by atoms with Crippen molar-refractivity contribution in [1.29, 1.82) is 0 Å². The van der Waals surface area contributed by atoms with E-state index >= 15 is 0 Å². The molecular weight excluding hydrogens is 354 g/mol. The van der Waals surface area contributed by atoms with Crippen molar-refractivity contribution in [2.24, 2.45) is 13.0 Å². The van der Waals surface area contributed by atoms with E-state index in [1.54, 1.807) is 0 Å². The number of aromatic nitrogens is 1. The zero-order chi connectivity index (χ0) is 20.6. The van der Waals surface area contributed by atoms with Gasteiger partial charge in [-0.2, -0.15) is 0 Å². The lowest BCUT2D eigenvalue weighted by Crippen LogP contribution is -2.51. The molecule has 152 valence electrons. The quantitative estimate of drug-likeness (QED) is 0.859. The van der Waals surface area contributed by atoms with E-state index < -0.39 is 5.97 Å². The highest BCUT2D eigenvalue weighted by Gasteiger charge is 2.34. The summed E-state index contributed by atoms with van der Waals surface area (Å²) in [6, 6.07) is 6.48. The Bertz CT molecular complexity index is 900. The maximum absolute atomic E-state index is 13.5. The number of para-hydroxylation sites is 1. The van der Waals surface area contributed by atoms with Crippen LogP contribution in [-0.4, -0.2) is 64.6 Å². The van der Waals surface area contributed by atoms with Gasteiger partial charge < -0.3 is 19.5 Å². The summed E-state index contributed by atoms with van der Waals surface area (Å²) in [4.78, 5) is 28.6. The van der Waals surface area contributed by atoms with Gasteiger partial charge in [0.05, 0.1) is 5.52 Å². The summed E-state index contributed by atoms with van der Waals surface area (Å²) in [5.41, 5.74) is 4.02. The lowest BCUT2D eigenvalue weighted by Gasteiger charge is -2.41. The zero-order valence-electron chi connectivity index (χ0n) is 17.5. The third kappa shape index (κ3) is 3.65. The van der Waals surface area contributed by atoms with Crippen molar-refractivity contribution in [3.63, 3.8) is 0 Å². The SMILES string of the molecule is Cc1c(C(=O)N2CC[C@H](N(C)C)[C@H](CCC(=O)O)C2)n(C)c2c(C)cccc12. The van der Waals surface area contributed by atoms with Crippen molar-refractivity contribution in [2.45, 2.75) is 39.2 Å². The van der Waals surface area contributed by atoms with Gasteiger partial charge in [-0.15, -0.1) is 0 Å². The Morgan fingerprint density at radius 1 is 1.25 bits per heavy atom. The predicted octanol–water partition coefficient (Wildman–Crippen LogP) is 3.05. The number of hydrogen-bond donors (Lipinski definition) is 1. The van der Waals surface area contributed by atoms with Crippen LogP contribution in [0.2, 0.25) is 0 Å². The first-order chi connectivity index (χ1) is 13.2. The number of nitrogens with zero attached hydrogens (tertiary/aromatic N) is 3. The van der Waals surface area contributed by atoms with Gasteiger partial charge in [-0.25, -0.2) is 0 Å². The average Bonchev–Trinajstić information content (AvgIpc) is 2.90. The van der Waals surface area contributed by atoms with Crippen LogP contribution in [-0.2, 0) is 11.8 Å². The third-order valence-electron chi connectivity index (χ3n) is 6.24. The predicted molar refractivity (Wildman–Crippen MR) is 111 cm³/mol. The Morgan fingerprint density at radius 2 is 1.96 bits per heavy atom. The second kappa shape index (κ2) is 7.95. The molecule has 6 heteroatoms. The molecule has 0 saturated carbocycles. The molecular formula is C22H31N3O3. The van der Waals surface area contributed by atoms with Gasteiger partial charge in [-0.3, -0.25) is 9.59 Å². The molecule has 1 fully saturated rings. The van der Waals surface area contributed by atoms with Gasteiger partial charge in [0.2, 0.25) is 0 Å². The number of likely N-dealkylation sites (tertiary alicyclic amines) is 1. The highest BCUT2D eigenvalue weighted by molar-refractivity contribution is 6.02. The summed E-state index contributed by atoms with van der Waals surface area (Å²) in [5.74, 6) is -0.561. The average molecular weight is 386 g/mol. The van der Waals surface area contributed by atoms with Crippen LogP contribution in [0.1, 0.15) is 40.9 Å². The summed E-state index contributed by atoms with van der Waals surface area (Å²) in [7, 11) is 6.03. The van der Waals surface area contributed by atoms with Crippen molar-refractivity contribution >= 4 is 22.8 Å². The number of fused-ring (bicyclic) bond motifs is 1. The Labute approximate surface area is 166 Å². The molecule has 6 nitrogen and oxygen atoms in total. The van der Waals surface area contributed by atoms with Gasteiger partial charge in [0, 0.05) is 38.0 Å². The number of aliphatic carboxylic acids is 1. The number of carboxylic acids is 1. The van der Waals surface area contributed by atoms with E-state index in [-0.39, 0.29) is 18.2 Å². The first-order valence-electron chi connectivity index (χ1n) is 9.94. The van der Waals surface area contributed by atoms with Crippen LogP contribution in [0.25, 0.3) is 10.9 Å².